The summed E-state index contributed by atoms with van der Waals surface area (Å²) < 4.78 is 5.38. The summed E-state index contributed by atoms with van der Waals surface area (Å²) in [6, 6.07) is 8.79. The zero-order valence-electron chi connectivity index (χ0n) is 15.2. The molecule has 0 spiro atoms. The van der Waals surface area contributed by atoms with E-state index in [9.17, 15) is 4.79 Å². The highest BCUT2D eigenvalue weighted by Crippen LogP contribution is 2.43. The summed E-state index contributed by atoms with van der Waals surface area (Å²) in [4.78, 5) is 12.3. The number of carbonyl (C=O) groups excluding carboxylic acids is 1. The molecule has 1 aliphatic heterocycles. The van der Waals surface area contributed by atoms with Crippen LogP contribution >= 0.6 is 0 Å². The van der Waals surface area contributed by atoms with Crippen molar-refractivity contribution in [2.45, 2.75) is 56.9 Å². The second-order valence-corrected chi connectivity index (χ2v) is 8.26. The maximum Gasteiger partial charge on any atom is 0.239 e. The molecule has 1 heterocycles. The fourth-order valence-electron chi connectivity index (χ4n) is 3.61. The van der Waals surface area contributed by atoms with Crippen molar-refractivity contribution in [2.75, 3.05) is 26.3 Å². The summed E-state index contributed by atoms with van der Waals surface area (Å²) >= 11 is 0. The number of hydrogen-bond acceptors (Lipinski definition) is 3. The number of amides is 1. The van der Waals surface area contributed by atoms with Gasteiger partial charge in [-0.25, -0.2) is 0 Å². The summed E-state index contributed by atoms with van der Waals surface area (Å²) in [6.07, 6.45) is 3.54. The first-order valence-electron chi connectivity index (χ1n) is 9.11. The Morgan fingerprint density at radius 3 is 2.50 bits per heavy atom. The van der Waals surface area contributed by atoms with Crippen molar-refractivity contribution < 1.29 is 9.53 Å². The molecule has 0 aromatic heterocycles. The van der Waals surface area contributed by atoms with Crippen molar-refractivity contribution in [1.29, 1.82) is 0 Å². The summed E-state index contributed by atoms with van der Waals surface area (Å²) in [6.45, 7) is 9.34. The highest BCUT2D eigenvalue weighted by atomic mass is 16.5. The van der Waals surface area contributed by atoms with Crippen LogP contribution in [0.15, 0.2) is 24.3 Å². The molecule has 1 aromatic carbocycles. The maximum absolute atomic E-state index is 12.3. The Labute approximate surface area is 145 Å². The van der Waals surface area contributed by atoms with E-state index in [0.717, 1.165) is 25.9 Å². The molecule has 1 aromatic rings. The van der Waals surface area contributed by atoms with Gasteiger partial charge in [-0.1, -0.05) is 51.5 Å². The van der Waals surface area contributed by atoms with Crippen molar-refractivity contribution in [1.82, 2.24) is 10.6 Å². The minimum Gasteiger partial charge on any atom is -0.378 e. The van der Waals surface area contributed by atoms with Crippen molar-refractivity contribution >= 4 is 5.91 Å². The van der Waals surface area contributed by atoms with Gasteiger partial charge >= 0.3 is 0 Å². The number of morpholine rings is 1. The molecule has 1 saturated carbocycles. The lowest BCUT2D eigenvalue weighted by Gasteiger charge is -2.43. The fourth-order valence-corrected chi connectivity index (χ4v) is 3.61. The second-order valence-electron chi connectivity index (χ2n) is 8.26. The fraction of sp³-hybridized carbons (Fsp3) is 0.650. The van der Waals surface area contributed by atoms with Crippen LogP contribution < -0.4 is 10.6 Å². The standard InChI is InChI=1S/C20H30N2O2/c1-19(2,3)15-5-7-16(8-6-15)20(9-4-10-20)14-22-18(23)17-13-24-12-11-21-17/h5-8,17,21H,4,9-14H2,1-3H3,(H,22,23). The molecule has 24 heavy (non-hydrogen) atoms. The van der Waals surface area contributed by atoms with E-state index in [2.05, 4.69) is 55.7 Å². The van der Waals surface area contributed by atoms with Gasteiger partial charge in [-0.15, -0.1) is 0 Å². The SMILES string of the molecule is CC(C)(C)c1ccc(C2(CNC(=O)C3COCCN3)CCC2)cc1. The lowest BCUT2D eigenvalue weighted by molar-refractivity contribution is -0.126. The average Bonchev–Trinajstić information content (AvgIpc) is 2.54. The molecule has 132 valence electrons. The molecule has 1 saturated heterocycles. The molecule has 4 heteroatoms. The van der Waals surface area contributed by atoms with Gasteiger partial charge in [0.1, 0.15) is 6.04 Å². The third kappa shape index (κ3) is 3.65. The number of hydrogen-bond donors (Lipinski definition) is 2. The summed E-state index contributed by atoms with van der Waals surface area (Å²) in [7, 11) is 0. The Bertz CT molecular complexity index is 564. The minimum absolute atomic E-state index is 0.0623. The normalized spacial score (nSPS) is 23.4. The molecular weight excluding hydrogens is 300 g/mol. The van der Waals surface area contributed by atoms with Gasteiger partial charge in [-0.3, -0.25) is 4.79 Å². The van der Waals surface area contributed by atoms with Crippen LogP contribution in [-0.2, 0) is 20.4 Å². The van der Waals surface area contributed by atoms with Crippen LogP contribution in [0.1, 0.15) is 51.2 Å². The lowest BCUT2D eigenvalue weighted by atomic mass is 9.64. The monoisotopic (exact) mass is 330 g/mol. The summed E-state index contributed by atoms with van der Waals surface area (Å²) in [5.74, 6) is 0.0623. The predicted octanol–water partition coefficient (Wildman–Crippen LogP) is 2.51. The average molecular weight is 330 g/mol. The van der Waals surface area contributed by atoms with E-state index in [1.54, 1.807) is 0 Å². The van der Waals surface area contributed by atoms with E-state index in [-0.39, 0.29) is 22.8 Å². The zero-order chi connectivity index (χ0) is 17.2. The molecule has 3 rings (SSSR count). The van der Waals surface area contributed by atoms with E-state index in [1.807, 2.05) is 0 Å². The number of nitrogens with one attached hydrogen (secondary N) is 2. The van der Waals surface area contributed by atoms with E-state index in [0.29, 0.717) is 13.2 Å². The Morgan fingerprint density at radius 1 is 1.29 bits per heavy atom. The van der Waals surface area contributed by atoms with Gasteiger partial charge in [0.25, 0.3) is 0 Å². The van der Waals surface area contributed by atoms with Gasteiger partial charge in [0, 0.05) is 18.5 Å². The molecule has 0 radical (unpaired) electrons. The van der Waals surface area contributed by atoms with Gasteiger partial charge in [0.2, 0.25) is 5.91 Å². The van der Waals surface area contributed by atoms with Crippen molar-refractivity contribution in [3.63, 3.8) is 0 Å². The van der Waals surface area contributed by atoms with Gasteiger partial charge in [-0.05, 0) is 29.4 Å². The van der Waals surface area contributed by atoms with Gasteiger partial charge in [-0.2, -0.15) is 0 Å². The first-order valence-corrected chi connectivity index (χ1v) is 9.11. The van der Waals surface area contributed by atoms with Crippen LogP contribution in [0.25, 0.3) is 0 Å². The Hall–Kier alpha value is -1.39. The number of carbonyl (C=O) groups is 1. The van der Waals surface area contributed by atoms with E-state index in [4.69, 9.17) is 4.74 Å². The maximum atomic E-state index is 12.3. The van der Waals surface area contributed by atoms with E-state index >= 15 is 0 Å². The third-order valence-corrected chi connectivity index (χ3v) is 5.51. The Kier molecular flexibility index (Phi) is 4.97. The molecule has 2 aliphatic rings. The molecule has 1 amide bonds. The van der Waals surface area contributed by atoms with Gasteiger partial charge in [0.15, 0.2) is 0 Å². The minimum atomic E-state index is -0.209. The molecule has 1 aliphatic carbocycles. The number of ether oxygens (including phenoxy) is 1. The Morgan fingerprint density at radius 2 is 2.00 bits per heavy atom. The molecule has 0 bridgehead atoms. The Balaban J connectivity index is 1.65. The summed E-state index contributed by atoms with van der Waals surface area (Å²) in [5, 5.41) is 6.38. The zero-order valence-corrected chi connectivity index (χ0v) is 15.2. The summed E-state index contributed by atoms with van der Waals surface area (Å²) in [5.41, 5.74) is 3.00. The molecule has 1 atom stereocenters. The van der Waals surface area contributed by atoms with E-state index < -0.39 is 0 Å². The molecule has 4 nitrogen and oxygen atoms in total. The van der Waals surface area contributed by atoms with Gasteiger partial charge < -0.3 is 15.4 Å². The first kappa shape index (κ1) is 17.4. The van der Waals surface area contributed by atoms with E-state index in [1.165, 1.54) is 17.5 Å². The van der Waals surface area contributed by atoms with Crippen LogP contribution in [0.4, 0.5) is 0 Å². The van der Waals surface area contributed by atoms with Crippen LogP contribution in [0.5, 0.6) is 0 Å². The third-order valence-electron chi connectivity index (χ3n) is 5.51. The van der Waals surface area contributed by atoms with Crippen molar-refractivity contribution in [3.05, 3.63) is 35.4 Å². The smallest absolute Gasteiger partial charge is 0.239 e. The highest BCUT2D eigenvalue weighted by Gasteiger charge is 2.39. The van der Waals surface area contributed by atoms with Crippen LogP contribution in [0.2, 0.25) is 0 Å². The topological polar surface area (TPSA) is 50.4 Å². The van der Waals surface area contributed by atoms with Crippen LogP contribution in [-0.4, -0.2) is 38.3 Å². The lowest BCUT2D eigenvalue weighted by Crippen LogP contribution is -2.54. The van der Waals surface area contributed by atoms with Crippen LogP contribution in [0, 0.1) is 0 Å². The molecule has 2 fully saturated rings. The molecular formula is C20H30N2O2. The van der Waals surface area contributed by atoms with Gasteiger partial charge in [0.05, 0.1) is 13.2 Å². The molecule has 1 unspecified atom stereocenters. The van der Waals surface area contributed by atoms with Crippen molar-refractivity contribution in [2.24, 2.45) is 0 Å². The number of rotatable bonds is 4. The largest absolute Gasteiger partial charge is 0.378 e. The van der Waals surface area contributed by atoms with Crippen LogP contribution in [0.3, 0.4) is 0 Å². The predicted molar refractivity (Wildman–Crippen MR) is 96.3 cm³/mol. The second kappa shape index (κ2) is 6.85. The highest BCUT2D eigenvalue weighted by molar-refractivity contribution is 5.82. The van der Waals surface area contributed by atoms with Crippen molar-refractivity contribution in [3.8, 4) is 0 Å². The number of benzene rings is 1. The molecule has 2 N–H and O–H groups in total. The first-order chi connectivity index (χ1) is 11.4. The quantitative estimate of drug-likeness (QED) is 0.892.